The van der Waals surface area contributed by atoms with Gasteiger partial charge in [0.2, 0.25) is 0 Å². The van der Waals surface area contributed by atoms with Crippen LogP contribution in [0, 0.1) is 10.1 Å². The Bertz CT molecular complexity index is 487. The molecular formula is C10H10N2O6. The third kappa shape index (κ3) is 3.44. The van der Waals surface area contributed by atoms with Gasteiger partial charge in [-0.15, -0.1) is 0 Å². The van der Waals surface area contributed by atoms with Crippen molar-refractivity contribution in [2.24, 2.45) is 5.73 Å². The largest absolute Gasteiger partial charge is 0.518 e. The molecule has 0 aliphatic carbocycles. The average Bonchev–Trinajstić information content (AvgIpc) is 2.27. The number of nitro benzene ring substituents is 1. The minimum atomic E-state index is -1.31. The zero-order valence-corrected chi connectivity index (χ0v) is 9.36. The fraction of sp³-hybridized carbons (Fsp3) is 0.200. The fourth-order valence-electron chi connectivity index (χ4n) is 1.31. The van der Waals surface area contributed by atoms with E-state index in [0.717, 1.165) is 0 Å². The van der Waals surface area contributed by atoms with Gasteiger partial charge in [0, 0.05) is 6.07 Å². The molecule has 8 heteroatoms. The maximum atomic E-state index is 11.0. The normalized spacial score (nSPS) is 11.4. The fourth-order valence-corrected chi connectivity index (χ4v) is 1.31. The van der Waals surface area contributed by atoms with E-state index in [1.165, 1.54) is 25.1 Å². The Labute approximate surface area is 101 Å². The van der Waals surface area contributed by atoms with Crippen molar-refractivity contribution in [1.29, 1.82) is 0 Å². The summed E-state index contributed by atoms with van der Waals surface area (Å²) in [4.78, 5) is 31.4. The van der Waals surface area contributed by atoms with Crippen molar-refractivity contribution in [3.8, 4) is 0 Å². The van der Waals surface area contributed by atoms with E-state index in [1.807, 2.05) is 0 Å². The monoisotopic (exact) mass is 254 g/mol. The van der Waals surface area contributed by atoms with E-state index < -0.39 is 23.3 Å². The van der Waals surface area contributed by atoms with Crippen LogP contribution in [0.5, 0.6) is 0 Å². The third-order valence-corrected chi connectivity index (χ3v) is 2.03. The van der Waals surface area contributed by atoms with E-state index in [2.05, 4.69) is 15.2 Å². The van der Waals surface area contributed by atoms with E-state index in [4.69, 9.17) is 0 Å². The lowest BCUT2D eigenvalue weighted by molar-refractivity contribution is -0.386. The summed E-state index contributed by atoms with van der Waals surface area (Å²) in [5, 5.41) is 10.7. The quantitative estimate of drug-likeness (QED) is 0.380. The first-order valence-electron chi connectivity index (χ1n) is 4.83. The Morgan fingerprint density at radius 1 is 1.39 bits per heavy atom. The first-order valence-corrected chi connectivity index (χ1v) is 4.83. The average molecular weight is 254 g/mol. The number of ether oxygens (including phenoxy) is 2. The van der Waals surface area contributed by atoms with Gasteiger partial charge in [-0.05, 0) is 13.0 Å². The summed E-state index contributed by atoms with van der Waals surface area (Å²) >= 11 is 0. The molecular weight excluding hydrogens is 244 g/mol. The van der Waals surface area contributed by atoms with Crippen molar-refractivity contribution in [1.82, 2.24) is 0 Å². The second kappa shape index (κ2) is 5.62. The molecule has 1 aromatic carbocycles. The van der Waals surface area contributed by atoms with Crippen LogP contribution in [0.3, 0.4) is 0 Å². The van der Waals surface area contributed by atoms with Crippen LogP contribution in [-0.2, 0) is 9.47 Å². The highest BCUT2D eigenvalue weighted by Crippen LogP contribution is 2.27. The van der Waals surface area contributed by atoms with E-state index in [1.54, 1.807) is 6.07 Å². The Morgan fingerprint density at radius 2 is 2.00 bits per heavy atom. The van der Waals surface area contributed by atoms with Gasteiger partial charge in [-0.2, -0.15) is 0 Å². The molecule has 1 amide bonds. The lowest BCUT2D eigenvalue weighted by Crippen LogP contribution is -2.20. The SMILES string of the molecule is CC(OC(=O)OC(N)=O)c1ccccc1[N+](=O)[O-]. The summed E-state index contributed by atoms with van der Waals surface area (Å²) in [6.07, 6.45) is -3.57. The molecule has 0 aliphatic rings. The van der Waals surface area contributed by atoms with E-state index >= 15 is 0 Å². The molecule has 0 bridgehead atoms. The molecule has 2 N–H and O–H groups in total. The number of nitro groups is 1. The van der Waals surface area contributed by atoms with Crippen LogP contribution in [0.1, 0.15) is 18.6 Å². The van der Waals surface area contributed by atoms with E-state index in [-0.39, 0.29) is 11.3 Å². The summed E-state index contributed by atoms with van der Waals surface area (Å²) in [6.45, 7) is 1.41. The molecule has 0 aliphatic heterocycles. The first-order chi connectivity index (χ1) is 8.41. The Balaban J connectivity index is 2.84. The lowest BCUT2D eigenvalue weighted by Gasteiger charge is -2.12. The Morgan fingerprint density at radius 3 is 2.56 bits per heavy atom. The van der Waals surface area contributed by atoms with Crippen molar-refractivity contribution in [2.75, 3.05) is 0 Å². The van der Waals surface area contributed by atoms with Crippen molar-refractivity contribution >= 4 is 17.9 Å². The predicted octanol–water partition coefficient (Wildman–Crippen LogP) is 1.89. The maximum Gasteiger partial charge on any atom is 0.518 e. The number of hydrogen-bond donors (Lipinski definition) is 1. The van der Waals surface area contributed by atoms with Crippen LogP contribution in [0.2, 0.25) is 0 Å². The summed E-state index contributed by atoms with van der Waals surface area (Å²) in [6, 6.07) is 5.74. The highest BCUT2D eigenvalue weighted by molar-refractivity contribution is 5.79. The number of para-hydroxylation sites is 1. The Hall–Kier alpha value is -2.64. The van der Waals surface area contributed by atoms with Gasteiger partial charge in [-0.25, -0.2) is 9.59 Å². The second-order valence-corrected chi connectivity index (χ2v) is 3.25. The first kappa shape index (κ1) is 13.4. The maximum absolute atomic E-state index is 11.0. The predicted molar refractivity (Wildman–Crippen MR) is 58.7 cm³/mol. The minimum Gasteiger partial charge on any atom is -0.426 e. The van der Waals surface area contributed by atoms with E-state index in [9.17, 15) is 19.7 Å². The summed E-state index contributed by atoms with van der Waals surface area (Å²) in [5.41, 5.74) is 4.60. The standard InChI is InChI=1S/C10H10N2O6/c1-6(17-10(14)18-9(11)13)7-4-2-3-5-8(7)12(15)16/h2-6H,1H3,(H2,11,13). The molecule has 0 saturated heterocycles. The lowest BCUT2D eigenvalue weighted by atomic mass is 10.1. The molecule has 0 spiro atoms. The van der Waals surface area contributed by atoms with Crippen molar-refractivity contribution in [2.45, 2.75) is 13.0 Å². The van der Waals surface area contributed by atoms with Crippen LogP contribution in [0.25, 0.3) is 0 Å². The number of carbonyl (C=O) groups excluding carboxylic acids is 2. The van der Waals surface area contributed by atoms with Gasteiger partial charge < -0.3 is 15.2 Å². The summed E-state index contributed by atoms with van der Waals surface area (Å²) < 4.78 is 8.62. The molecule has 18 heavy (non-hydrogen) atoms. The molecule has 96 valence electrons. The zero-order valence-electron chi connectivity index (χ0n) is 9.36. The van der Waals surface area contributed by atoms with Crippen molar-refractivity contribution in [3.63, 3.8) is 0 Å². The summed E-state index contributed by atoms with van der Waals surface area (Å²) in [7, 11) is 0. The van der Waals surface area contributed by atoms with Gasteiger partial charge in [0.1, 0.15) is 6.10 Å². The molecule has 0 fully saturated rings. The van der Waals surface area contributed by atoms with Crippen molar-refractivity contribution in [3.05, 3.63) is 39.9 Å². The third-order valence-electron chi connectivity index (χ3n) is 2.03. The van der Waals surface area contributed by atoms with Gasteiger partial charge >= 0.3 is 12.2 Å². The Kier molecular flexibility index (Phi) is 4.19. The molecule has 1 unspecified atom stereocenters. The molecule has 1 aromatic rings. The van der Waals surface area contributed by atoms with Crippen LogP contribution < -0.4 is 5.73 Å². The van der Waals surface area contributed by atoms with Crippen LogP contribution in [0.4, 0.5) is 15.3 Å². The van der Waals surface area contributed by atoms with Crippen LogP contribution in [-0.4, -0.2) is 17.2 Å². The highest BCUT2D eigenvalue weighted by atomic mass is 16.7. The van der Waals surface area contributed by atoms with E-state index in [0.29, 0.717) is 0 Å². The number of hydrogen-bond acceptors (Lipinski definition) is 6. The molecule has 1 rings (SSSR count). The van der Waals surface area contributed by atoms with Gasteiger partial charge in [-0.3, -0.25) is 10.1 Å². The van der Waals surface area contributed by atoms with Gasteiger partial charge in [0.05, 0.1) is 10.5 Å². The van der Waals surface area contributed by atoms with Crippen molar-refractivity contribution < 1.29 is 24.0 Å². The molecule has 0 saturated carbocycles. The minimum absolute atomic E-state index is 0.184. The second-order valence-electron chi connectivity index (χ2n) is 3.25. The molecule has 8 nitrogen and oxygen atoms in total. The van der Waals surface area contributed by atoms with Crippen LogP contribution >= 0.6 is 0 Å². The summed E-state index contributed by atoms with van der Waals surface area (Å²) in [5.74, 6) is 0. The molecule has 0 heterocycles. The highest BCUT2D eigenvalue weighted by Gasteiger charge is 2.22. The van der Waals surface area contributed by atoms with Crippen LogP contribution in [0.15, 0.2) is 24.3 Å². The zero-order chi connectivity index (χ0) is 13.7. The van der Waals surface area contributed by atoms with Gasteiger partial charge in [-0.1, -0.05) is 12.1 Å². The molecule has 1 atom stereocenters. The number of nitrogens with zero attached hydrogens (tertiary/aromatic N) is 1. The smallest absolute Gasteiger partial charge is 0.426 e. The number of rotatable bonds is 3. The number of carbonyl (C=O) groups is 2. The number of primary amides is 1. The van der Waals surface area contributed by atoms with Gasteiger partial charge in [0.25, 0.3) is 5.69 Å². The molecule has 0 aromatic heterocycles. The number of amides is 1. The topological polar surface area (TPSA) is 122 Å². The number of nitrogens with two attached hydrogens (primary N) is 1. The van der Waals surface area contributed by atoms with Gasteiger partial charge in [0.15, 0.2) is 0 Å². The molecule has 0 radical (unpaired) electrons. The number of benzene rings is 1.